The van der Waals surface area contributed by atoms with E-state index in [0.717, 1.165) is 58.0 Å². The van der Waals surface area contributed by atoms with Crippen LogP contribution in [0.15, 0.2) is 48.9 Å². The number of nitrogens with zero attached hydrogens (tertiary/aromatic N) is 3. The second kappa shape index (κ2) is 11.5. The number of ether oxygens (including phenoxy) is 1. The summed E-state index contributed by atoms with van der Waals surface area (Å²) < 4.78 is 5.75. The van der Waals surface area contributed by atoms with E-state index in [9.17, 15) is 14.7 Å². The molecule has 2 heterocycles. The third-order valence-electron chi connectivity index (χ3n) is 7.08. The molecule has 2 fully saturated rings. The van der Waals surface area contributed by atoms with Crippen molar-refractivity contribution in [3.8, 4) is 0 Å². The summed E-state index contributed by atoms with van der Waals surface area (Å²) in [4.78, 5) is 35.6. The fraction of sp³-hybridized carbons (Fsp3) is 0.538. The first-order chi connectivity index (χ1) is 16.6. The van der Waals surface area contributed by atoms with Gasteiger partial charge in [-0.25, -0.2) is 9.78 Å². The van der Waals surface area contributed by atoms with Crippen molar-refractivity contribution in [3.63, 3.8) is 0 Å². The molecule has 0 spiro atoms. The molecule has 1 aromatic heterocycles. The van der Waals surface area contributed by atoms with E-state index in [1.165, 1.54) is 12.4 Å². The summed E-state index contributed by atoms with van der Waals surface area (Å²) in [7, 11) is 0. The van der Waals surface area contributed by atoms with Crippen LogP contribution in [0.1, 0.15) is 50.5 Å². The number of nitrogens with one attached hydrogen (secondary N) is 1. The average molecular weight is 467 g/mol. The van der Waals surface area contributed by atoms with Crippen molar-refractivity contribution in [1.29, 1.82) is 0 Å². The molecule has 182 valence electrons. The number of amides is 1. The third-order valence-corrected chi connectivity index (χ3v) is 7.08. The quantitative estimate of drug-likeness (QED) is 0.576. The van der Waals surface area contributed by atoms with E-state index in [0.29, 0.717) is 24.5 Å². The number of esters is 1. The van der Waals surface area contributed by atoms with Gasteiger partial charge in [0.15, 0.2) is 11.4 Å². The molecule has 2 N–H and O–H groups in total. The van der Waals surface area contributed by atoms with Gasteiger partial charge in [-0.15, -0.1) is 0 Å². The van der Waals surface area contributed by atoms with Gasteiger partial charge in [0.05, 0.1) is 19.3 Å². The van der Waals surface area contributed by atoms with E-state index in [1.807, 2.05) is 30.3 Å². The summed E-state index contributed by atoms with van der Waals surface area (Å²) in [6.07, 6.45) is 11.1. The highest BCUT2D eigenvalue weighted by Crippen LogP contribution is 2.40. The molecule has 1 atom stereocenters. The molecule has 34 heavy (non-hydrogen) atoms. The Kier molecular flexibility index (Phi) is 8.24. The molecule has 1 saturated carbocycles. The van der Waals surface area contributed by atoms with Crippen LogP contribution >= 0.6 is 0 Å². The monoisotopic (exact) mass is 466 g/mol. The first-order valence-corrected chi connectivity index (χ1v) is 12.3. The summed E-state index contributed by atoms with van der Waals surface area (Å²) in [5.74, 6) is -0.110. The van der Waals surface area contributed by atoms with E-state index < -0.39 is 11.6 Å². The van der Waals surface area contributed by atoms with Crippen LogP contribution in [0.3, 0.4) is 0 Å². The Morgan fingerprint density at radius 1 is 1.06 bits per heavy atom. The van der Waals surface area contributed by atoms with Crippen LogP contribution in [0.2, 0.25) is 0 Å². The van der Waals surface area contributed by atoms with Crippen LogP contribution in [-0.2, 0) is 19.9 Å². The molecule has 2 aliphatic rings. The minimum absolute atomic E-state index is 0.120. The van der Waals surface area contributed by atoms with Crippen molar-refractivity contribution in [2.75, 3.05) is 31.6 Å². The summed E-state index contributed by atoms with van der Waals surface area (Å²) >= 11 is 0. The first kappa shape index (κ1) is 24.3. The van der Waals surface area contributed by atoms with Gasteiger partial charge >= 0.3 is 5.97 Å². The minimum atomic E-state index is -1.60. The highest BCUT2D eigenvalue weighted by atomic mass is 16.5. The fourth-order valence-electron chi connectivity index (χ4n) is 5.10. The molecule has 0 radical (unpaired) electrons. The molecule has 1 aliphatic heterocycles. The Bertz CT molecular complexity index is 928. The van der Waals surface area contributed by atoms with Crippen molar-refractivity contribution in [2.45, 2.75) is 50.5 Å². The molecule has 1 amide bonds. The number of rotatable bonds is 8. The molecule has 2 aromatic rings. The molecule has 4 rings (SSSR count). The highest BCUT2D eigenvalue weighted by Gasteiger charge is 2.47. The van der Waals surface area contributed by atoms with Crippen molar-refractivity contribution >= 4 is 17.7 Å². The fourth-order valence-corrected chi connectivity index (χ4v) is 5.10. The normalized spacial score (nSPS) is 19.8. The number of anilines is 1. The zero-order valence-electron chi connectivity index (χ0n) is 19.6. The lowest BCUT2D eigenvalue weighted by molar-refractivity contribution is -0.177. The van der Waals surface area contributed by atoms with E-state index >= 15 is 0 Å². The van der Waals surface area contributed by atoms with Crippen molar-refractivity contribution in [3.05, 3.63) is 54.5 Å². The number of carbonyl (C=O) groups is 2. The molecule has 1 aromatic carbocycles. The number of aromatic nitrogens is 2. The number of hydrogen-bond donors (Lipinski definition) is 2. The molecule has 8 heteroatoms. The molecular weight excluding hydrogens is 432 g/mol. The van der Waals surface area contributed by atoms with Gasteiger partial charge in [0.1, 0.15) is 0 Å². The molecule has 1 aliphatic carbocycles. The van der Waals surface area contributed by atoms with Crippen LogP contribution in [0.4, 0.5) is 5.82 Å². The van der Waals surface area contributed by atoms with Gasteiger partial charge in [0.2, 0.25) is 5.91 Å². The number of piperidine rings is 1. The maximum absolute atomic E-state index is 13.2. The molecule has 0 bridgehead atoms. The smallest absolute Gasteiger partial charge is 0.343 e. The Balaban J connectivity index is 1.27. The van der Waals surface area contributed by atoms with Crippen LogP contribution in [-0.4, -0.2) is 58.1 Å². The van der Waals surface area contributed by atoms with Gasteiger partial charge in [-0.3, -0.25) is 14.7 Å². The van der Waals surface area contributed by atoms with Crippen LogP contribution in [0.25, 0.3) is 0 Å². The predicted octanol–water partition coefficient (Wildman–Crippen LogP) is 3.14. The Labute approximate surface area is 200 Å². The second-order valence-corrected chi connectivity index (χ2v) is 9.42. The van der Waals surface area contributed by atoms with Crippen molar-refractivity contribution in [2.24, 2.45) is 11.8 Å². The molecular formula is C26H34N4O4. The maximum atomic E-state index is 13.2. The lowest BCUT2D eigenvalue weighted by atomic mass is 9.73. The van der Waals surface area contributed by atoms with Crippen molar-refractivity contribution in [1.82, 2.24) is 14.9 Å². The van der Waals surface area contributed by atoms with Gasteiger partial charge in [-0.1, -0.05) is 49.6 Å². The minimum Gasteiger partial charge on any atom is -0.463 e. The SMILES string of the molecule is O=C(CN1CCC(COC(=O)C(O)(c2ccccc2)C2CCCCC2)CC1)Nc1cnccn1. The van der Waals surface area contributed by atoms with Gasteiger partial charge in [0, 0.05) is 18.3 Å². The number of benzene rings is 1. The van der Waals surface area contributed by atoms with Gasteiger partial charge < -0.3 is 15.2 Å². The highest BCUT2D eigenvalue weighted by molar-refractivity contribution is 5.91. The van der Waals surface area contributed by atoms with Crippen LogP contribution < -0.4 is 5.32 Å². The lowest BCUT2D eigenvalue weighted by Gasteiger charge is -2.37. The van der Waals surface area contributed by atoms with E-state index in [4.69, 9.17) is 4.74 Å². The van der Waals surface area contributed by atoms with Crippen LogP contribution in [0, 0.1) is 11.8 Å². The van der Waals surface area contributed by atoms with E-state index in [-0.39, 0.29) is 17.7 Å². The summed E-state index contributed by atoms with van der Waals surface area (Å²) in [6.45, 7) is 2.09. The molecule has 1 saturated heterocycles. The van der Waals surface area contributed by atoms with Gasteiger partial charge in [-0.05, 0) is 50.3 Å². The summed E-state index contributed by atoms with van der Waals surface area (Å²) in [5.41, 5.74) is -0.975. The Hall–Kier alpha value is -2.84. The third kappa shape index (κ3) is 5.98. The van der Waals surface area contributed by atoms with Crippen molar-refractivity contribution < 1.29 is 19.4 Å². The standard InChI is InChI=1S/C26H34N4O4/c31-24(29-23-17-27-13-14-28-23)18-30-15-11-20(12-16-30)19-34-25(32)26(33,21-7-3-1-4-8-21)22-9-5-2-6-10-22/h1,3-4,7-8,13-14,17,20,22,33H,2,5-6,9-12,15-16,18-19H2,(H,28,29,31). The molecule has 8 nitrogen and oxygen atoms in total. The zero-order chi connectivity index (χ0) is 23.8. The number of aliphatic hydroxyl groups is 1. The average Bonchev–Trinajstić information content (AvgIpc) is 2.89. The zero-order valence-corrected chi connectivity index (χ0v) is 19.6. The Morgan fingerprint density at radius 2 is 1.79 bits per heavy atom. The summed E-state index contributed by atoms with van der Waals surface area (Å²) in [5, 5.41) is 14.4. The second-order valence-electron chi connectivity index (χ2n) is 9.42. The first-order valence-electron chi connectivity index (χ1n) is 12.3. The maximum Gasteiger partial charge on any atom is 0.343 e. The Morgan fingerprint density at radius 3 is 2.47 bits per heavy atom. The number of hydrogen-bond acceptors (Lipinski definition) is 7. The van der Waals surface area contributed by atoms with Gasteiger partial charge in [0.25, 0.3) is 0 Å². The van der Waals surface area contributed by atoms with E-state index in [2.05, 4.69) is 20.2 Å². The van der Waals surface area contributed by atoms with Crippen LogP contribution in [0.5, 0.6) is 0 Å². The molecule has 1 unspecified atom stereocenters. The number of likely N-dealkylation sites (tertiary alicyclic amines) is 1. The van der Waals surface area contributed by atoms with Gasteiger partial charge in [-0.2, -0.15) is 0 Å². The lowest BCUT2D eigenvalue weighted by Crippen LogP contribution is -2.46. The number of carbonyl (C=O) groups excluding carboxylic acids is 2. The summed E-state index contributed by atoms with van der Waals surface area (Å²) in [6, 6.07) is 9.23. The topological polar surface area (TPSA) is 105 Å². The largest absolute Gasteiger partial charge is 0.463 e. The van der Waals surface area contributed by atoms with E-state index in [1.54, 1.807) is 6.20 Å². The predicted molar refractivity (Wildman–Crippen MR) is 128 cm³/mol.